The van der Waals surface area contributed by atoms with Gasteiger partial charge < -0.3 is 9.16 Å². The highest BCUT2D eigenvalue weighted by atomic mass is 28.4. The van der Waals surface area contributed by atoms with Crippen LogP contribution in [0.1, 0.15) is 41.0 Å². The second-order valence-electron chi connectivity index (χ2n) is 9.49. The smallest absolute Gasteiger partial charge is 0.333 e. The zero-order valence-corrected chi connectivity index (χ0v) is 21.1. The summed E-state index contributed by atoms with van der Waals surface area (Å²) in [7, 11) is -2.88. The Balaban J connectivity index is 2.18. The third-order valence-corrected chi connectivity index (χ3v) is 11.3. The highest BCUT2D eigenvalue weighted by Gasteiger charge is 2.53. The van der Waals surface area contributed by atoms with Crippen molar-refractivity contribution in [1.29, 1.82) is 0 Å². The molecular formula is C26H33N3O3Si. The Kier molecular flexibility index (Phi) is 7.79. The number of esters is 1. The summed E-state index contributed by atoms with van der Waals surface area (Å²) >= 11 is 0. The number of azide groups is 1. The Hall–Kier alpha value is -2.86. The fraction of sp³-hybridized carbons (Fsp3) is 0.423. The van der Waals surface area contributed by atoms with Gasteiger partial charge in [-0.15, -0.1) is 0 Å². The molecule has 1 aliphatic carbocycles. The number of ether oxygens (including phenoxy) is 1. The van der Waals surface area contributed by atoms with Crippen LogP contribution in [0.2, 0.25) is 5.04 Å². The molecule has 0 heterocycles. The SMILES string of the molecule is CCOC(=O)C1=C[C@H](C)[C@H](N=[N+]=[N-])[C@H](O[Si](c2ccccc2)(c2ccccc2)C(C)(C)C)C1. The number of hydrogen-bond acceptors (Lipinski definition) is 4. The molecule has 0 aromatic heterocycles. The largest absolute Gasteiger partial charge is 0.463 e. The second-order valence-corrected chi connectivity index (χ2v) is 13.7. The molecule has 0 amide bonds. The van der Waals surface area contributed by atoms with E-state index in [0.29, 0.717) is 18.6 Å². The van der Waals surface area contributed by atoms with Crippen LogP contribution in [0, 0.1) is 5.92 Å². The Morgan fingerprint density at radius 3 is 2.09 bits per heavy atom. The summed E-state index contributed by atoms with van der Waals surface area (Å²) in [5.41, 5.74) is 9.89. The molecule has 0 saturated carbocycles. The zero-order valence-electron chi connectivity index (χ0n) is 20.1. The molecule has 2 aromatic rings. The summed E-state index contributed by atoms with van der Waals surface area (Å²) in [4.78, 5) is 15.7. The van der Waals surface area contributed by atoms with E-state index in [2.05, 4.69) is 55.1 Å². The predicted molar refractivity (Wildman–Crippen MR) is 134 cm³/mol. The normalized spacial score (nSPS) is 21.0. The first-order chi connectivity index (χ1) is 15.7. The molecule has 174 valence electrons. The molecule has 33 heavy (non-hydrogen) atoms. The molecule has 0 saturated heterocycles. The van der Waals surface area contributed by atoms with Gasteiger partial charge in [-0.05, 0) is 33.8 Å². The molecule has 3 atom stereocenters. The molecule has 0 fully saturated rings. The van der Waals surface area contributed by atoms with Crippen LogP contribution in [-0.2, 0) is 14.0 Å². The number of nitrogens with zero attached hydrogens (tertiary/aromatic N) is 3. The van der Waals surface area contributed by atoms with Crippen molar-refractivity contribution in [2.75, 3.05) is 6.61 Å². The monoisotopic (exact) mass is 463 g/mol. The predicted octanol–water partition coefficient (Wildman–Crippen LogP) is 5.14. The first-order valence-electron chi connectivity index (χ1n) is 11.5. The maximum absolute atomic E-state index is 12.6. The summed E-state index contributed by atoms with van der Waals surface area (Å²) in [6.07, 6.45) is 1.76. The average molecular weight is 464 g/mol. The number of carbonyl (C=O) groups excluding carboxylic acids is 1. The summed E-state index contributed by atoms with van der Waals surface area (Å²) in [5, 5.41) is 6.17. The van der Waals surface area contributed by atoms with Crippen molar-refractivity contribution in [1.82, 2.24) is 0 Å². The Bertz CT molecular complexity index is 988. The van der Waals surface area contributed by atoms with Crippen molar-refractivity contribution < 1.29 is 14.0 Å². The van der Waals surface area contributed by atoms with Crippen LogP contribution < -0.4 is 10.4 Å². The van der Waals surface area contributed by atoms with E-state index in [1.807, 2.05) is 49.4 Å². The van der Waals surface area contributed by atoms with Gasteiger partial charge in [-0.25, -0.2) is 4.79 Å². The summed E-state index contributed by atoms with van der Waals surface area (Å²) < 4.78 is 12.5. The van der Waals surface area contributed by atoms with Gasteiger partial charge in [0, 0.05) is 16.9 Å². The first kappa shape index (κ1) is 24.8. The first-order valence-corrected chi connectivity index (χ1v) is 13.4. The molecule has 0 spiro atoms. The molecule has 6 nitrogen and oxygen atoms in total. The van der Waals surface area contributed by atoms with Crippen LogP contribution in [-0.4, -0.2) is 33.0 Å². The van der Waals surface area contributed by atoms with E-state index < -0.39 is 20.5 Å². The highest BCUT2D eigenvalue weighted by molar-refractivity contribution is 6.99. The maximum atomic E-state index is 12.6. The highest BCUT2D eigenvalue weighted by Crippen LogP contribution is 2.40. The number of carbonyl (C=O) groups is 1. The van der Waals surface area contributed by atoms with Crippen molar-refractivity contribution in [2.24, 2.45) is 11.0 Å². The fourth-order valence-electron chi connectivity index (χ4n) is 4.80. The van der Waals surface area contributed by atoms with E-state index in [0.717, 1.165) is 10.4 Å². The fourth-order valence-corrected chi connectivity index (χ4v) is 9.50. The lowest BCUT2D eigenvalue weighted by molar-refractivity contribution is -0.139. The van der Waals surface area contributed by atoms with E-state index >= 15 is 0 Å². The second kappa shape index (κ2) is 10.4. The van der Waals surface area contributed by atoms with E-state index in [-0.39, 0.29) is 16.9 Å². The molecule has 1 aliphatic rings. The summed E-state index contributed by atoms with van der Waals surface area (Å²) in [5.74, 6) is -0.489. The lowest BCUT2D eigenvalue weighted by Gasteiger charge is -2.47. The lowest BCUT2D eigenvalue weighted by atomic mass is 9.85. The van der Waals surface area contributed by atoms with Crippen LogP contribution in [0.25, 0.3) is 10.4 Å². The van der Waals surface area contributed by atoms with Crippen LogP contribution >= 0.6 is 0 Å². The average Bonchev–Trinajstić information content (AvgIpc) is 2.79. The minimum atomic E-state index is -2.88. The Morgan fingerprint density at radius 2 is 1.64 bits per heavy atom. The number of benzene rings is 2. The molecular weight excluding hydrogens is 430 g/mol. The van der Waals surface area contributed by atoms with Gasteiger partial charge in [0.2, 0.25) is 0 Å². The third-order valence-electron chi connectivity index (χ3n) is 6.27. The molecule has 3 rings (SSSR count). The quantitative estimate of drug-likeness (QED) is 0.187. The third kappa shape index (κ3) is 5.06. The van der Waals surface area contributed by atoms with Gasteiger partial charge in [-0.1, -0.05) is 99.5 Å². The van der Waals surface area contributed by atoms with Gasteiger partial charge in [0.05, 0.1) is 18.8 Å². The van der Waals surface area contributed by atoms with Crippen LogP contribution in [0.5, 0.6) is 0 Å². The topological polar surface area (TPSA) is 84.3 Å². The zero-order chi connectivity index (χ0) is 24.1. The molecule has 0 radical (unpaired) electrons. The van der Waals surface area contributed by atoms with Crippen LogP contribution in [0.15, 0.2) is 77.4 Å². The van der Waals surface area contributed by atoms with Crippen LogP contribution in [0.4, 0.5) is 0 Å². The van der Waals surface area contributed by atoms with Gasteiger partial charge in [-0.3, -0.25) is 0 Å². The maximum Gasteiger partial charge on any atom is 0.333 e. The van der Waals surface area contributed by atoms with Crippen molar-refractivity contribution in [3.05, 3.63) is 82.8 Å². The minimum Gasteiger partial charge on any atom is -0.463 e. The molecule has 7 heteroatoms. The van der Waals surface area contributed by atoms with Crippen molar-refractivity contribution >= 4 is 24.7 Å². The standard InChI is InChI=1S/C26H33N3O3Si/c1-6-31-25(30)20-17-19(2)24(28-29-27)23(18-20)32-33(26(3,4)5,21-13-9-7-10-14-21)22-15-11-8-12-16-22/h7-17,19,23-24H,6,18H2,1-5H3/t19-,23+,24-/m0/s1. The summed E-state index contributed by atoms with van der Waals surface area (Å²) in [6.45, 7) is 10.7. The van der Waals surface area contributed by atoms with Crippen molar-refractivity contribution in [3.63, 3.8) is 0 Å². The van der Waals surface area contributed by atoms with E-state index in [4.69, 9.17) is 9.16 Å². The van der Waals surface area contributed by atoms with Crippen molar-refractivity contribution in [2.45, 2.75) is 58.2 Å². The van der Waals surface area contributed by atoms with Gasteiger partial charge in [-0.2, -0.15) is 0 Å². The molecule has 0 unspecified atom stereocenters. The van der Waals surface area contributed by atoms with Gasteiger partial charge >= 0.3 is 5.97 Å². The van der Waals surface area contributed by atoms with Crippen molar-refractivity contribution in [3.8, 4) is 0 Å². The molecule has 0 N–H and O–H groups in total. The van der Waals surface area contributed by atoms with E-state index in [9.17, 15) is 10.3 Å². The minimum absolute atomic E-state index is 0.155. The van der Waals surface area contributed by atoms with Gasteiger partial charge in [0.25, 0.3) is 8.32 Å². The van der Waals surface area contributed by atoms with Gasteiger partial charge in [0.15, 0.2) is 0 Å². The molecule has 0 bridgehead atoms. The Labute approximate surface area is 197 Å². The Morgan fingerprint density at radius 1 is 1.09 bits per heavy atom. The number of rotatable bonds is 7. The van der Waals surface area contributed by atoms with Crippen LogP contribution in [0.3, 0.4) is 0 Å². The van der Waals surface area contributed by atoms with Gasteiger partial charge in [0.1, 0.15) is 0 Å². The summed E-state index contributed by atoms with van der Waals surface area (Å²) in [6, 6.07) is 20.2. The van der Waals surface area contributed by atoms with E-state index in [1.165, 1.54) is 0 Å². The number of hydrogen-bond donors (Lipinski definition) is 0. The molecule has 2 aromatic carbocycles. The lowest BCUT2D eigenvalue weighted by Crippen LogP contribution is -2.68. The van der Waals surface area contributed by atoms with E-state index in [1.54, 1.807) is 6.92 Å². The molecule has 0 aliphatic heterocycles.